The number of hydrogen-bond donors (Lipinski definition) is 1. The van der Waals surface area contributed by atoms with E-state index in [2.05, 4.69) is 5.32 Å². The van der Waals surface area contributed by atoms with Gasteiger partial charge in [0.15, 0.2) is 11.5 Å². The van der Waals surface area contributed by atoms with Gasteiger partial charge in [-0.25, -0.2) is 14.5 Å². The summed E-state index contributed by atoms with van der Waals surface area (Å²) in [5.74, 6) is -0.240. The van der Waals surface area contributed by atoms with E-state index in [9.17, 15) is 19.2 Å². The molecule has 1 fully saturated rings. The summed E-state index contributed by atoms with van der Waals surface area (Å²) < 4.78 is 15.8. The summed E-state index contributed by atoms with van der Waals surface area (Å²) in [6, 6.07) is 18.6. The number of rotatable bonds is 8. The molecule has 3 aromatic rings. The standard InChI is InChI=1S/C28H25N3O7/c1-2-36-27(34)19-9-11-20(12-10-19)29-25(32)15-22-26(33)31(21-6-4-3-5-7-21)28(35)30(22)16-18-8-13-23-24(14-18)38-17-37-23/h3-14,22H,2,15-17H2,1H3,(H,29,32)/t22-/m0/s1. The molecule has 0 bridgehead atoms. The van der Waals surface area contributed by atoms with E-state index in [0.717, 1.165) is 10.5 Å². The Hall–Kier alpha value is -4.86. The summed E-state index contributed by atoms with van der Waals surface area (Å²) in [6.45, 7) is 2.19. The quantitative estimate of drug-likeness (QED) is 0.357. The largest absolute Gasteiger partial charge is 0.462 e. The van der Waals surface area contributed by atoms with Crippen molar-refractivity contribution in [1.29, 1.82) is 0 Å². The average Bonchev–Trinajstić information content (AvgIpc) is 3.47. The monoisotopic (exact) mass is 515 g/mol. The molecule has 10 nitrogen and oxygen atoms in total. The van der Waals surface area contributed by atoms with Crippen LogP contribution in [-0.4, -0.2) is 48.2 Å². The van der Waals surface area contributed by atoms with Gasteiger partial charge in [-0.15, -0.1) is 0 Å². The molecule has 194 valence electrons. The summed E-state index contributed by atoms with van der Waals surface area (Å²) >= 11 is 0. The maximum atomic E-state index is 13.5. The first-order valence-corrected chi connectivity index (χ1v) is 12.1. The minimum Gasteiger partial charge on any atom is -0.462 e. The van der Waals surface area contributed by atoms with Gasteiger partial charge in [0.05, 0.1) is 24.3 Å². The van der Waals surface area contributed by atoms with Gasteiger partial charge < -0.3 is 24.4 Å². The summed E-state index contributed by atoms with van der Waals surface area (Å²) in [6.07, 6.45) is -0.252. The van der Waals surface area contributed by atoms with E-state index in [4.69, 9.17) is 14.2 Å². The number of para-hydroxylation sites is 1. The number of anilines is 2. The van der Waals surface area contributed by atoms with Crippen LogP contribution in [0.4, 0.5) is 16.2 Å². The van der Waals surface area contributed by atoms with E-state index in [1.165, 1.54) is 4.90 Å². The fourth-order valence-electron chi connectivity index (χ4n) is 4.36. The van der Waals surface area contributed by atoms with Crippen molar-refractivity contribution in [3.05, 3.63) is 83.9 Å². The summed E-state index contributed by atoms with van der Waals surface area (Å²) in [5.41, 5.74) is 1.96. The summed E-state index contributed by atoms with van der Waals surface area (Å²) in [5, 5.41) is 2.74. The molecule has 0 aliphatic carbocycles. The van der Waals surface area contributed by atoms with Crippen molar-refractivity contribution in [2.24, 2.45) is 0 Å². The molecule has 1 N–H and O–H groups in total. The lowest BCUT2D eigenvalue weighted by Gasteiger charge is -2.22. The molecule has 10 heteroatoms. The second-order valence-corrected chi connectivity index (χ2v) is 8.67. The molecule has 3 aromatic carbocycles. The second kappa shape index (κ2) is 10.6. The van der Waals surface area contributed by atoms with Crippen molar-refractivity contribution in [2.75, 3.05) is 23.6 Å². The molecule has 38 heavy (non-hydrogen) atoms. The Bertz CT molecular complexity index is 1370. The summed E-state index contributed by atoms with van der Waals surface area (Å²) in [4.78, 5) is 54.3. The fraction of sp³-hybridized carbons (Fsp3) is 0.214. The normalized spacial score (nSPS) is 16.1. The molecule has 0 spiro atoms. The highest BCUT2D eigenvalue weighted by molar-refractivity contribution is 6.22. The van der Waals surface area contributed by atoms with Crippen molar-refractivity contribution >= 4 is 35.2 Å². The number of nitrogens with zero attached hydrogens (tertiary/aromatic N) is 2. The first-order chi connectivity index (χ1) is 18.4. The number of carbonyl (C=O) groups excluding carboxylic acids is 4. The Morgan fingerprint density at radius 3 is 2.45 bits per heavy atom. The molecular formula is C28H25N3O7. The zero-order valence-corrected chi connectivity index (χ0v) is 20.6. The SMILES string of the molecule is CCOC(=O)c1ccc(NC(=O)C[C@H]2C(=O)N(c3ccccc3)C(=O)N2Cc2ccc3c(c2)OCO3)cc1. The molecular weight excluding hydrogens is 490 g/mol. The van der Waals surface area contributed by atoms with Crippen molar-refractivity contribution < 1.29 is 33.4 Å². The van der Waals surface area contributed by atoms with E-state index >= 15 is 0 Å². The molecule has 2 heterocycles. The molecule has 1 saturated heterocycles. The van der Waals surface area contributed by atoms with Crippen LogP contribution < -0.4 is 19.7 Å². The van der Waals surface area contributed by atoms with Crippen LogP contribution in [-0.2, 0) is 20.9 Å². The molecule has 0 aromatic heterocycles. The van der Waals surface area contributed by atoms with Gasteiger partial charge in [-0.3, -0.25) is 9.59 Å². The van der Waals surface area contributed by atoms with Gasteiger partial charge in [-0.1, -0.05) is 24.3 Å². The van der Waals surface area contributed by atoms with Crippen LogP contribution in [0.25, 0.3) is 0 Å². The van der Waals surface area contributed by atoms with Crippen LogP contribution in [0.15, 0.2) is 72.8 Å². The predicted octanol–water partition coefficient (Wildman–Crippen LogP) is 3.96. The van der Waals surface area contributed by atoms with Crippen molar-refractivity contribution in [1.82, 2.24) is 4.90 Å². The lowest BCUT2D eigenvalue weighted by molar-refractivity contribution is -0.124. The fourth-order valence-corrected chi connectivity index (χ4v) is 4.36. The minimum atomic E-state index is -1.02. The molecule has 4 amide bonds. The van der Waals surface area contributed by atoms with Crippen molar-refractivity contribution in [3.63, 3.8) is 0 Å². The second-order valence-electron chi connectivity index (χ2n) is 8.67. The highest BCUT2D eigenvalue weighted by Crippen LogP contribution is 2.34. The van der Waals surface area contributed by atoms with Crippen LogP contribution in [0.1, 0.15) is 29.3 Å². The van der Waals surface area contributed by atoms with Crippen LogP contribution in [0.2, 0.25) is 0 Å². The number of fused-ring (bicyclic) bond motifs is 1. The number of nitrogens with one attached hydrogen (secondary N) is 1. The van der Waals surface area contributed by atoms with Gasteiger partial charge in [0, 0.05) is 12.2 Å². The van der Waals surface area contributed by atoms with Crippen LogP contribution >= 0.6 is 0 Å². The number of hydrogen-bond acceptors (Lipinski definition) is 7. The number of imide groups is 1. The van der Waals surface area contributed by atoms with Crippen LogP contribution in [0, 0.1) is 0 Å². The highest BCUT2D eigenvalue weighted by Gasteiger charge is 2.46. The third-order valence-corrected chi connectivity index (χ3v) is 6.18. The van der Waals surface area contributed by atoms with Gasteiger partial charge in [0.25, 0.3) is 5.91 Å². The van der Waals surface area contributed by atoms with E-state index in [1.54, 1.807) is 79.7 Å². The number of benzene rings is 3. The molecule has 1 atom stereocenters. The molecule has 2 aliphatic rings. The Labute approximate surface area is 218 Å². The number of carbonyl (C=O) groups is 4. The number of ether oxygens (including phenoxy) is 3. The Morgan fingerprint density at radius 1 is 0.974 bits per heavy atom. The lowest BCUT2D eigenvalue weighted by Crippen LogP contribution is -2.37. The Kier molecular flexibility index (Phi) is 6.94. The van der Waals surface area contributed by atoms with Crippen LogP contribution in [0.5, 0.6) is 11.5 Å². The molecule has 2 aliphatic heterocycles. The van der Waals surface area contributed by atoms with E-state index < -0.39 is 29.9 Å². The van der Waals surface area contributed by atoms with E-state index in [0.29, 0.717) is 28.4 Å². The number of urea groups is 1. The Balaban J connectivity index is 1.35. The van der Waals surface area contributed by atoms with Gasteiger partial charge in [0.2, 0.25) is 12.7 Å². The third-order valence-electron chi connectivity index (χ3n) is 6.18. The Morgan fingerprint density at radius 2 is 1.71 bits per heavy atom. The molecule has 0 unspecified atom stereocenters. The molecule has 5 rings (SSSR count). The van der Waals surface area contributed by atoms with E-state index in [1.807, 2.05) is 0 Å². The maximum Gasteiger partial charge on any atom is 0.338 e. The van der Waals surface area contributed by atoms with Crippen molar-refractivity contribution in [3.8, 4) is 11.5 Å². The maximum absolute atomic E-state index is 13.5. The van der Waals surface area contributed by atoms with Crippen LogP contribution in [0.3, 0.4) is 0 Å². The first-order valence-electron chi connectivity index (χ1n) is 12.1. The predicted molar refractivity (Wildman–Crippen MR) is 137 cm³/mol. The van der Waals surface area contributed by atoms with Crippen molar-refractivity contribution in [2.45, 2.75) is 25.9 Å². The summed E-state index contributed by atoms with van der Waals surface area (Å²) in [7, 11) is 0. The highest BCUT2D eigenvalue weighted by atomic mass is 16.7. The topological polar surface area (TPSA) is 114 Å². The van der Waals surface area contributed by atoms with Gasteiger partial charge in [0.1, 0.15) is 6.04 Å². The van der Waals surface area contributed by atoms with Gasteiger partial charge in [-0.05, 0) is 61.0 Å². The average molecular weight is 516 g/mol. The first kappa shape index (κ1) is 24.8. The van der Waals surface area contributed by atoms with E-state index in [-0.39, 0.29) is 26.4 Å². The minimum absolute atomic E-state index is 0.0940. The zero-order chi connectivity index (χ0) is 26.6. The molecule has 0 radical (unpaired) electrons. The third kappa shape index (κ3) is 5.01. The molecule has 0 saturated carbocycles. The van der Waals surface area contributed by atoms with Gasteiger partial charge in [-0.2, -0.15) is 0 Å². The number of amides is 4. The zero-order valence-electron chi connectivity index (χ0n) is 20.6. The smallest absolute Gasteiger partial charge is 0.338 e. The lowest BCUT2D eigenvalue weighted by atomic mass is 10.1. The number of esters is 1. The van der Waals surface area contributed by atoms with Gasteiger partial charge >= 0.3 is 12.0 Å².